The monoisotopic (exact) mass is 255 g/mol. The van der Waals surface area contributed by atoms with Crippen LogP contribution in [0.2, 0.25) is 0 Å². The molecule has 2 atom stereocenters. The summed E-state index contributed by atoms with van der Waals surface area (Å²) in [6.07, 6.45) is 5.49. The normalized spacial score (nSPS) is 28.4. The van der Waals surface area contributed by atoms with Crippen molar-refractivity contribution in [2.24, 2.45) is 11.7 Å². The lowest BCUT2D eigenvalue weighted by molar-refractivity contribution is -0.121. The molecule has 0 saturated heterocycles. The Balaban J connectivity index is 2.66. The van der Waals surface area contributed by atoms with E-state index in [1.165, 1.54) is 25.7 Å². The summed E-state index contributed by atoms with van der Waals surface area (Å²) in [6.45, 7) is 6.98. The second-order valence-corrected chi connectivity index (χ2v) is 5.63. The highest BCUT2D eigenvalue weighted by Crippen LogP contribution is 2.36. The fraction of sp³-hybridized carbons (Fsp3) is 0.929. The Morgan fingerprint density at radius 2 is 2.28 bits per heavy atom. The molecular weight excluding hydrogens is 226 g/mol. The van der Waals surface area contributed by atoms with Gasteiger partial charge in [0.1, 0.15) is 0 Å². The molecule has 1 aliphatic carbocycles. The van der Waals surface area contributed by atoms with Crippen LogP contribution in [0.4, 0.5) is 0 Å². The standard InChI is InChI=1S/C14H29N3O/c1-4-17(9-7-13(18)16-3)14(11-15)8-5-6-12(2)10-14/h12H,4-11,15H2,1-3H3,(H,16,18). The minimum atomic E-state index is 0.115. The van der Waals surface area contributed by atoms with Gasteiger partial charge < -0.3 is 11.1 Å². The third-order valence-electron chi connectivity index (χ3n) is 4.39. The summed E-state index contributed by atoms with van der Waals surface area (Å²) in [5.74, 6) is 0.862. The summed E-state index contributed by atoms with van der Waals surface area (Å²) < 4.78 is 0. The van der Waals surface area contributed by atoms with E-state index in [1.54, 1.807) is 7.05 Å². The quantitative estimate of drug-likeness (QED) is 0.753. The number of rotatable bonds is 6. The molecule has 1 fully saturated rings. The number of nitrogens with one attached hydrogen (secondary N) is 1. The van der Waals surface area contributed by atoms with E-state index in [1.807, 2.05) is 0 Å². The van der Waals surface area contributed by atoms with Crippen LogP contribution in [0.15, 0.2) is 0 Å². The van der Waals surface area contributed by atoms with E-state index in [4.69, 9.17) is 5.73 Å². The first-order valence-corrected chi connectivity index (χ1v) is 7.23. The molecule has 0 aromatic rings. The smallest absolute Gasteiger partial charge is 0.221 e. The van der Waals surface area contributed by atoms with Crippen LogP contribution >= 0.6 is 0 Å². The molecule has 0 radical (unpaired) electrons. The Kier molecular flexibility index (Phi) is 6.09. The van der Waals surface area contributed by atoms with Crippen LogP contribution in [0.1, 0.15) is 46.0 Å². The van der Waals surface area contributed by atoms with Gasteiger partial charge in [0.05, 0.1) is 0 Å². The minimum Gasteiger partial charge on any atom is -0.359 e. The minimum absolute atomic E-state index is 0.115. The Bertz CT molecular complexity index is 270. The zero-order valence-electron chi connectivity index (χ0n) is 12.2. The van der Waals surface area contributed by atoms with Crippen molar-refractivity contribution in [1.82, 2.24) is 10.2 Å². The predicted octanol–water partition coefficient (Wildman–Crippen LogP) is 1.35. The molecule has 106 valence electrons. The SMILES string of the molecule is CCN(CCC(=O)NC)C1(CN)CCCC(C)C1. The first-order valence-electron chi connectivity index (χ1n) is 7.23. The maximum Gasteiger partial charge on any atom is 0.221 e. The van der Waals surface area contributed by atoms with Crippen molar-refractivity contribution in [3.05, 3.63) is 0 Å². The van der Waals surface area contributed by atoms with E-state index in [0.29, 0.717) is 13.0 Å². The van der Waals surface area contributed by atoms with Gasteiger partial charge in [0.25, 0.3) is 0 Å². The van der Waals surface area contributed by atoms with Gasteiger partial charge in [-0.25, -0.2) is 0 Å². The van der Waals surface area contributed by atoms with Crippen LogP contribution < -0.4 is 11.1 Å². The first-order chi connectivity index (χ1) is 8.57. The van der Waals surface area contributed by atoms with E-state index in [-0.39, 0.29) is 11.4 Å². The second-order valence-electron chi connectivity index (χ2n) is 5.63. The van der Waals surface area contributed by atoms with Crippen LogP contribution in [0, 0.1) is 5.92 Å². The van der Waals surface area contributed by atoms with Crippen LogP contribution in [0.25, 0.3) is 0 Å². The average Bonchev–Trinajstić information content (AvgIpc) is 2.39. The van der Waals surface area contributed by atoms with Gasteiger partial charge in [-0.15, -0.1) is 0 Å². The summed E-state index contributed by atoms with van der Waals surface area (Å²) >= 11 is 0. The van der Waals surface area contributed by atoms with Crippen molar-refractivity contribution in [2.45, 2.75) is 51.5 Å². The Labute approximate surface area is 111 Å². The zero-order valence-corrected chi connectivity index (χ0v) is 12.2. The van der Waals surface area contributed by atoms with Gasteiger partial charge in [-0.2, -0.15) is 0 Å². The number of nitrogens with zero attached hydrogens (tertiary/aromatic N) is 1. The maximum atomic E-state index is 11.4. The summed E-state index contributed by atoms with van der Waals surface area (Å²) in [4.78, 5) is 13.8. The van der Waals surface area contributed by atoms with Gasteiger partial charge in [0, 0.05) is 32.1 Å². The van der Waals surface area contributed by atoms with E-state index < -0.39 is 0 Å². The van der Waals surface area contributed by atoms with Gasteiger partial charge in [0.2, 0.25) is 5.91 Å². The van der Waals surface area contributed by atoms with Crippen molar-refractivity contribution >= 4 is 5.91 Å². The fourth-order valence-corrected chi connectivity index (χ4v) is 3.33. The Morgan fingerprint density at radius 1 is 1.56 bits per heavy atom. The lowest BCUT2D eigenvalue weighted by Gasteiger charge is -2.47. The highest BCUT2D eigenvalue weighted by atomic mass is 16.1. The first kappa shape index (κ1) is 15.4. The lowest BCUT2D eigenvalue weighted by atomic mass is 9.75. The van der Waals surface area contributed by atoms with Crippen LogP contribution in [-0.2, 0) is 4.79 Å². The summed E-state index contributed by atoms with van der Waals surface area (Å²) in [5, 5.41) is 2.69. The molecule has 0 aromatic carbocycles. The van der Waals surface area contributed by atoms with Gasteiger partial charge in [0.15, 0.2) is 0 Å². The Hall–Kier alpha value is -0.610. The number of carbonyl (C=O) groups is 1. The molecule has 0 bridgehead atoms. The number of amides is 1. The number of hydrogen-bond donors (Lipinski definition) is 2. The largest absolute Gasteiger partial charge is 0.359 e. The maximum absolute atomic E-state index is 11.4. The molecule has 0 spiro atoms. The van der Waals surface area contributed by atoms with Crippen molar-refractivity contribution in [2.75, 3.05) is 26.7 Å². The number of carbonyl (C=O) groups excluding carboxylic acids is 1. The molecule has 1 amide bonds. The van der Waals surface area contributed by atoms with E-state index in [9.17, 15) is 4.79 Å². The van der Waals surface area contributed by atoms with E-state index in [0.717, 1.165) is 19.0 Å². The Morgan fingerprint density at radius 3 is 2.78 bits per heavy atom. The van der Waals surface area contributed by atoms with Crippen LogP contribution in [0.5, 0.6) is 0 Å². The van der Waals surface area contributed by atoms with Gasteiger partial charge in [-0.3, -0.25) is 9.69 Å². The predicted molar refractivity (Wildman–Crippen MR) is 75.3 cm³/mol. The number of nitrogens with two attached hydrogens (primary N) is 1. The van der Waals surface area contributed by atoms with E-state index in [2.05, 4.69) is 24.1 Å². The van der Waals surface area contributed by atoms with Gasteiger partial charge in [-0.05, 0) is 25.3 Å². The molecule has 3 N–H and O–H groups in total. The summed E-state index contributed by atoms with van der Waals surface area (Å²) in [6, 6.07) is 0. The van der Waals surface area contributed by atoms with Crippen LogP contribution in [0.3, 0.4) is 0 Å². The molecule has 2 unspecified atom stereocenters. The summed E-state index contributed by atoms with van der Waals surface area (Å²) in [5.41, 5.74) is 6.20. The second kappa shape index (κ2) is 7.10. The van der Waals surface area contributed by atoms with Gasteiger partial charge >= 0.3 is 0 Å². The van der Waals surface area contributed by atoms with Crippen molar-refractivity contribution in [1.29, 1.82) is 0 Å². The van der Waals surface area contributed by atoms with Crippen LogP contribution in [-0.4, -0.2) is 43.0 Å². The number of hydrogen-bond acceptors (Lipinski definition) is 3. The topological polar surface area (TPSA) is 58.4 Å². The molecule has 4 nitrogen and oxygen atoms in total. The summed E-state index contributed by atoms with van der Waals surface area (Å²) in [7, 11) is 1.69. The highest BCUT2D eigenvalue weighted by molar-refractivity contribution is 5.75. The molecule has 0 aromatic heterocycles. The number of likely N-dealkylation sites (N-methyl/N-ethyl adjacent to an activating group) is 1. The van der Waals surface area contributed by atoms with Crippen molar-refractivity contribution in [3.63, 3.8) is 0 Å². The molecule has 18 heavy (non-hydrogen) atoms. The fourth-order valence-electron chi connectivity index (χ4n) is 3.33. The zero-order chi connectivity index (χ0) is 13.6. The van der Waals surface area contributed by atoms with Crippen molar-refractivity contribution in [3.8, 4) is 0 Å². The molecular formula is C14H29N3O. The molecule has 1 rings (SSSR count). The molecule has 1 aliphatic rings. The van der Waals surface area contributed by atoms with E-state index >= 15 is 0 Å². The molecule has 1 saturated carbocycles. The van der Waals surface area contributed by atoms with Gasteiger partial charge in [-0.1, -0.05) is 26.7 Å². The molecule has 4 heteroatoms. The molecule has 0 aliphatic heterocycles. The van der Waals surface area contributed by atoms with Crippen molar-refractivity contribution < 1.29 is 4.79 Å². The highest BCUT2D eigenvalue weighted by Gasteiger charge is 2.38. The molecule has 0 heterocycles. The lowest BCUT2D eigenvalue weighted by Crippen LogP contribution is -2.56. The third-order valence-corrected chi connectivity index (χ3v) is 4.39. The third kappa shape index (κ3) is 3.69. The average molecular weight is 255 g/mol.